The van der Waals surface area contributed by atoms with Crippen LogP contribution in [0.1, 0.15) is 12.8 Å². The van der Waals surface area contributed by atoms with Crippen LogP contribution in [-0.2, 0) is 9.57 Å². The van der Waals surface area contributed by atoms with E-state index in [1.807, 2.05) is 11.8 Å². The molecule has 4 heteroatoms. The number of thioether (sulfide) groups is 1. The Morgan fingerprint density at radius 2 is 2.08 bits per heavy atom. The second kappa shape index (κ2) is 11.2. The Balaban J connectivity index is 2.73. The number of hydroxylamine groups is 1. The van der Waals surface area contributed by atoms with Crippen LogP contribution in [0.2, 0.25) is 0 Å². The maximum atomic E-state index is 5.07. The lowest BCUT2D eigenvalue weighted by atomic mass is 10.3. The average Bonchev–Trinajstić information content (AvgIpc) is 2.10. The summed E-state index contributed by atoms with van der Waals surface area (Å²) >= 11 is 1.88. The molecule has 1 N–H and O–H groups in total. The van der Waals surface area contributed by atoms with Crippen molar-refractivity contribution in [3.8, 4) is 0 Å². The first-order chi connectivity index (χ1) is 5.91. The first-order valence-corrected chi connectivity index (χ1v) is 5.63. The summed E-state index contributed by atoms with van der Waals surface area (Å²) < 4.78 is 4.82. The second-order valence-corrected chi connectivity index (χ2v) is 3.42. The summed E-state index contributed by atoms with van der Waals surface area (Å²) in [5.74, 6) is 1.24. The molecule has 0 atom stereocenters. The Kier molecular flexibility index (Phi) is 11.4. The zero-order valence-corrected chi connectivity index (χ0v) is 8.78. The second-order valence-electron chi connectivity index (χ2n) is 2.44. The molecular formula is C8H19NO2S. The summed E-state index contributed by atoms with van der Waals surface area (Å²) in [4.78, 5) is 5.07. The van der Waals surface area contributed by atoms with Gasteiger partial charge in [-0.3, -0.25) is 4.84 Å². The van der Waals surface area contributed by atoms with E-state index in [-0.39, 0.29) is 0 Å². The van der Waals surface area contributed by atoms with Gasteiger partial charge in [-0.25, -0.2) is 5.48 Å². The summed E-state index contributed by atoms with van der Waals surface area (Å²) in [6.45, 7) is 2.21. The van der Waals surface area contributed by atoms with Crippen LogP contribution < -0.4 is 5.48 Å². The van der Waals surface area contributed by atoms with Gasteiger partial charge in [0.25, 0.3) is 0 Å². The molecule has 0 saturated heterocycles. The van der Waals surface area contributed by atoms with E-state index in [1.54, 1.807) is 7.11 Å². The van der Waals surface area contributed by atoms with Gasteiger partial charge in [0.05, 0.1) is 13.2 Å². The highest BCUT2D eigenvalue weighted by molar-refractivity contribution is 7.98. The maximum Gasteiger partial charge on any atom is 0.0915 e. The van der Waals surface area contributed by atoms with Crippen molar-refractivity contribution in [2.24, 2.45) is 0 Å². The van der Waals surface area contributed by atoms with Gasteiger partial charge < -0.3 is 4.74 Å². The van der Waals surface area contributed by atoms with E-state index < -0.39 is 0 Å². The lowest BCUT2D eigenvalue weighted by Crippen LogP contribution is -2.18. The highest BCUT2D eigenvalue weighted by Crippen LogP contribution is 1.97. The van der Waals surface area contributed by atoms with Gasteiger partial charge >= 0.3 is 0 Å². The summed E-state index contributed by atoms with van der Waals surface area (Å²) in [6, 6.07) is 0. The molecule has 0 heterocycles. The van der Waals surface area contributed by atoms with Gasteiger partial charge in [0, 0.05) is 13.7 Å². The van der Waals surface area contributed by atoms with Gasteiger partial charge in [0.2, 0.25) is 0 Å². The molecule has 0 saturated carbocycles. The number of ether oxygens (including phenoxy) is 1. The topological polar surface area (TPSA) is 30.5 Å². The van der Waals surface area contributed by atoms with Crippen LogP contribution in [0.4, 0.5) is 0 Å². The molecule has 0 radical (unpaired) electrons. The van der Waals surface area contributed by atoms with Crippen LogP contribution in [0.25, 0.3) is 0 Å². The minimum absolute atomic E-state index is 0.624. The molecule has 0 aliphatic rings. The summed E-state index contributed by atoms with van der Waals surface area (Å²) in [7, 11) is 1.67. The van der Waals surface area contributed by atoms with Gasteiger partial charge in [-0.15, -0.1) is 0 Å². The summed E-state index contributed by atoms with van der Waals surface area (Å²) in [6.07, 6.45) is 4.55. The monoisotopic (exact) mass is 193 g/mol. The third kappa shape index (κ3) is 10.2. The molecule has 0 spiro atoms. The van der Waals surface area contributed by atoms with Gasteiger partial charge in [0.15, 0.2) is 0 Å². The largest absolute Gasteiger partial charge is 0.382 e. The minimum atomic E-state index is 0.624. The highest BCUT2D eigenvalue weighted by Gasteiger charge is 1.88. The Hall–Kier alpha value is 0.230. The Bertz CT molecular complexity index is 73.5. The molecule has 0 aromatic heterocycles. The third-order valence-corrected chi connectivity index (χ3v) is 2.07. The molecule has 0 fully saturated rings. The van der Waals surface area contributed by atoms with Gasteiger partial charge in [0.1, 0.15) is 0 Å². The fourth-order valence-corrected chi connectivity index (χ4v) is 1.21. The Morgan fingerprint density at radius 3 is 2.75 bits per heavy atom. The van der Waals surface area contributed by atoms with Crippen molar-refractivity contribution in [2.45, 2.75) is 12.8 Å². The fourth-order valence-electron chi connectivity index (χ4n) is 0.713. The van der Waals surface area contributed by atoms with E-state index in [0.29, 0.717) is 13.2 Å². The van der Waals surface area contributed by atoms with E-state index in [4.69, 9.17) is 9.57 Å². The number of hydrogen-bond acceptors (Lipinski definition) is 4. The molecule has 0 amide bonds. The molecular weight excluding hydrogens is 174 g/mol. The van der Waals surface area contributed by atoms with Gasteiger partial charge in [-0.05, 0) is 24.9 Å². The predicted octanol–water partition coefficient (Wildman–Crippen LogP) is 1.30. The SMILES string of the molecule is COCCONCCCCSC. The van der Waals surface area contributed by atoms with Crippen LogP contribution in [0.3, 0.4) is 0 Å². The zero-order chi connectivity index (χ0) is 9.07. The van der Waals surface area contributed by atoms with Crippen molar-refractivity contribution in [3.05, 3.63) is 0 Å². The van der Waals surface area contributed by atoms with Crippen molar-refractivity contribution in [3.63, 3.8) is 0 Å². The molecule has 12 heavy (non-hydrogen) atoms. The van der Waals surface area contributed by atoms with E-state index in [1.165, 1.54) is 18.6 Å². The third-order valence-electron chi connectivity index (χ3n) is 1.37. The normalized spacial score (nSPS) is 10.5. The maximum absolute atomic E-state index is 5.07. The van der Waals surface area contributed by atoms with E-state index in [9.17, 15) is 0 Å². The number of methoxy groups -OCH3 is 1. The van der Waals surface area contributed by atoms with Gasteiger partial charge in [-0.2, -0.15) is 11.8 Å². The molecule has 0 bridgehead atoms. The lowest BCUT2D eigenvalue weighted by Gasteiger charge is -2.04. The van der Waals surface area contributed by atoms with Crippen LogP contribution in [0.5, 0.6) is 0 Å². The Morgan fingerprint density at radius 1 is 1.25 bits per heavy atom. The van der Waals surface area contributed by atoms with Crippen molar-refractivity contribution >= 4 is 11.8 Å². The number of nitrogens with one attached hydrogen (secondary N) is 1. The van der Waals surface area contributed by atoms with Crippen LogP contribution in [0.15, 0.2) is 0 Å². The zero-order valence-electron chi connectivity index (χ0n) is 7.97. The molecule has 0 aromatic rings. The standard InChI is InChI=1S/C8H19NO2S/c1-10-6-7-11-9-5-3-4-8-12-2/h9H,3-8H2,1-2H3. The van der Waals surface area contributed by atoms with Crippen LogP contribution in [0, 0.1) is 0 Å². The molecule has 3 nitrogen and oxygen atoms in total. The van der Waals surface area contributed by atoms with Crippen molar-refractivity contribution in [1.29, 1.82) is 0 Å². The number of unbranched alkanes of at least 4 members (excludes halogenated alkanes) is 1. The van der Waals surface area contributed by atoms with Crippen molar-refractivity contribution < 1.29 is 9.57 Å². The number of hydrogen-bond donors (Lipinski definition) is 1. The molecule has 74 valence electrons. The lowest BCUT2D eigenvalue weighted by molar-refractivity contribution is 0.00666. The quantitative estimate of drug-likeness (QED) is 0.441. The van der Waals surface area contributed by atoms with Crippen molar-refractivity contribution in [1.82, 2.24) is 5.48 Å². The van der Waals surface area contributed by atoms with E-state index >= 15 is 0 Å². The predicted molar refractivity (Wildman–Crippen MR) is 53.4 cm³/mol. The molecule has 0 aliphatic heterocycles. The van der Waals surface area contributed by atoms with Crippen molar-refractivity contribution in [2.75, 3.05) is 38.9 Å². The molecule has 0 unspecified atom stereocenters. The first-order valence-electron chi connectivity index (χ1n) is 4.24. The molecule has 0 rings (SSSR count). The van der Waals surface area contributed by atoms with Crippen LogP contribution in [-0.4, -0.2) is 38.9 Å². The molecule has 0 aromatic carbocycles. The van der Waals surface area contributed by atoms with E-state index in [2.05, 4.69) is 11.7 Å². The molecule has 0 aliphatic carbocycles. The van der Waals surface area contributed by atoms with E-state index in [0.717, 1.165) is 6.54 Å². The fraction of sp³-hybridized carbons (Fsp3) is 1.00. The van der Waals surface area contributed by atoms with Gasteiger partial charge in [-0.1, -0.05) is 0 Å². The summed E-state index contributed by atoms with van der Waals surface area (Å²) in [5.41, 5.74) is 2.89. The highest BCUT2D eigenvalue weighted by atomic mass is 32.2. The average molecular weight is 193 g/mol. The Labute approximate surface area is 79.1 Å². The van der Waals surface area contributed by atoms with Crippen LogP contribution >= 0.6 is 11.8 Å². The smallest absolute Gasteiger partial charge is 0.0915 e. The minimum Gasteiger partial charge on any atom is -0.382 e. The summed E-state index contributed by atoms with van der Waals surface area (Å²) in [5, 5.41) is 0. The first kappa shape index (κ1) is 12.2. The number of rotatable bonds is 9.